The summed E-state index contributed by atoms with van der Waals surface area (Å²) in [6.45, 7) is 7.16. The van der Waals surface area contributed by atoms with Crippen LogP contribution >= 0.6 is 0 Å². The molecule has 40 heavy (non-hydrogen) atoms. The van der Waals surface area contributed by atoms with Crippen LogP contribution in [0.25, 0.3) is 5.69 Å². The fraction of sp³-hybridized carbons (Fsp3) is 0.586. The lowest BCUT2D eigenvalue weighted by molar-refractivity contribution is -0.137. The second-order valence-electron chi connectivity index (χ2n) is 11.9. The van der Waals surface area contributed by atoms with Crippen LogP contribution in [0.4, 0.5) is 10.6 Å². The number of carbonyl (C=O) groups is 2. The molecule has 2 heterocycles. The molecule has 11 heteroatoms. The van der Waals surface area contributed by atoms with Crippen molar-refractivity contribution in [3.8, 4) is 5.69 Å². The highest BCUT2D eigenvalue weighted by Crippen LogP contribution is 2.24. The summed E-state index contributed by atoms with van der Waals surface area (Å²) in [6.07, 6.45) is 7.02. The molecule has 1 unspecified atom stereocenters. The van der Waals surface area contributed by atoms with Gasteiger partial charge in [-0.05, 0) is 83.7 Å². The summed E-state index contributed by atoms with van der Waals surface area (Å²) in [5.74, 6) is 0.0442. The fourth-order valence-electron chi connectivity index (χ4n) is 5.52. The monoisotopic (exact) mass is 552 g/mol. The number of nitrogens with two attached hydrogens (primary N) is 2. The normalized spacial score (nSPS) is 20.9. The second-order valence-corrected chi connectivity index (χ2v) is 11.9. The highest BCUT2D eigenvalue weighted by Gasteiger charge is 2.31. The largest absolute Gasteiger partial charge is 0.354 e. The van der Waals surface area contributed by atoms with E-state index < -0.39 is 11.2 Å². The zero-order valence-electron chi connectivity index (χ0n) is 24.2. The van der Waals surface area contributed by atoms with Crippen LogP contribution in [-0.4, -0.2) is 93.1 Å². The van der Waals surface area contributed by atoms with Crippen molar-refractivity contribution in [2.45, 2.75) is 76.5 Å². The van der Waals surface area contributed by atoms with E-state index in [1.165, 1.54) is 10.1 Å². The van der Waals surface area contributed by atoms with E-state index in [0.29, 0.717) is 50.0 Å². The molecule has 11 nitrogen and oxygen atoms in total. The van der Waals surface area contributed by atoms with Gasteiger partial charge in [0.15, 0.2) is 0 Å². The van der Waals surface area contributed by atoms with E-state index in [9.17, 15) is 14.4 Å². The molecule has 0 radical (unpaired) electrons. The Kier molecular flexibility index (Phi) is 9.27. The maximum atomic E-state index is 12.8. The molecule has 1 aromatic heterocycles. The van der Waals surface area contributed by atoms with Gasteiger partial charge in [0.05, 0.1) is 11.2 Å². The van der Waals surface area contributed by atoms with Gasteiger partial charge < -0.3 is 26.2 Å². The van der Waals surface area contributed by atoms with Crippen LogP contribution in [0.1, 0.15) is 52.0 Å². The van der Waals surface area contributed by atoms with Gasteiger partial charge in [-0.15, -0.1) is 0 Å². The minimum atomic E-state index is -0.947. The predicted molar refractivity (Wildman–Crippen MR) is 156 cm³/mol. The van der Waals surface area contributed by atoms with Gasteiger partial charge in [0.1, 0.15) is 5.82 Å². The van der Waals surface area contributed by atoms with Gasteiger partial charge in [-0.1, -0.05) is 12.1 Å². The van der Waals surface area contributed by atoms with Gasteiger partial charge >= 0.3 is 11.7 Å². The summed E-state index contributed by atoms with van der Waals surface area (Å²) in [6, 6.07) is 10.5. The Morgan fingerprint density at radius 1 is 1.05 bits per heavy atom. The minimum Gasteiger partial charge on any atom is -0.338 e. The number of anilines is 1. The average Bonchev–Trinajstić information content (AvgIpc) is 2.93. The Morgan fingerprint density at radius 2 is 1.65 bits per heavy atom. The summed E-state index contributed by atoms with van der Waals surface area (Å²) in [4.78, 5) is 47.7. The van der Waals surface area contributed by atoms with E-state index in [4.69, 9.17) is 11.5 Å². The number of nitrogens with one attached hydrogen (secondary N) is 1. The summed E-state index contributed by atoms with van der Waals surface area (Å²) < 4.78 is 1.46. The molecular formula is C29H44N8O3. The summed E-state index contributed by atoms with van der Waals surface area (Å²) in [7, 11) is 2.20. The van der Waals surface area contributed by atoms with Crippen LogP contribution in [-0.2, 0) is 11.2 Å². The first-order valence-electron chi connectivity index (χ1n) is 14.2. The topological polar surface area (TPSA) is 143 Å². The molecule has 2 fully saturated rings. The maximum Gasteiger partial charge on any atom is 0.354 e. The van der Waals surface area contributed by atoms with E-state index in [-0.39, 0.29) is 17.8 Å². The Labute approximate surface area is 236 Å². The molecule has 1 aliphatic heterocycles. The van der Waals surface area contributed by atoms with Crippen molar-refractivity contribution in [3.05, 3.63) is 52.6 Å². The van der Waals surface area contributed by atoms with Gasteiger partial charge in [0, 0.05) is 50.5 Å². The number of benzene rings is 1. The molecule has 0 bridgehead atoms. The van der Waals surface area contributed by atoms with Gasteiger partial charge in [0.25, 0.3) is 0 Å². The van der Waals surface area contributed by atoms with Crippen molar-refractivity contribution in [1.82, 2.24) is 24.3 Å². The molecule has 2 aromatic rings. The SMILES string of the molecule is CC(Cc1ccc(-n2ccc(NC(=O)N3CCN(C(=O)C(C)(C)N)CC3)nc2=O)cc1)N(C)C1CCC(N)CC1. The highest BCUT2D eigenvalue weighted by molar-refractivity contribution is 5.89. The third-order valence-corrected chi connectivity index (χ3v) is 8.20. The Morgan fingerprint density at radius 3 is 2.23 bits per heavy atom. The van der Waals surface area contributed by atoms with Gasteiger partial charge in [-0.25, -0.2) is 9.59 Å². The summed E-state index contributed by atoms with van der Waals surface area (Å²) in [5.41, 5.74) is 12.5. The molecular weight excluding hydrogens is 508 g/mol. The number of hydrogen-bond donors (Lipinski definition) is 3. The van der Waals surface area contributed by atoms with Crippen molar-refractivity contribution in [1.29, 1.82) is 0 Å². The first-order chi connectivity index (χ1) is 18.9. The van der Waals surface area contributed by atoms with Crippen LogP contribution in [0.5, 0.6) is 0 Å². The van der Waals surface area contributed by atoms with E-state index in [2.05, 4.69) is 41.3 Å². The molecule has 2 aliphatic rings. The molecule has 1 saturated carbocycles. The second kappa shape index (κ2) is 12.5. The van der Waals surface area contributed by atoms with Crippen LogP contribution < -0.4 is 22.5 Å². The van der Waals surface area contributed by atoms with Gasteiger partial charge in [0.2, 0.25) is 5.91 Å². The van der Waals surface area contributed by atoms with Gasteiger partial charge in [-0.2, -0.15) is 4.98 Å². The van der Waals surface area contributed by atoms with E-state index >= 15 is 0 Å². The molecule has 1 aliphatic carbocycles. The number of carbonyl (C=O) groups excluding carboxylic acids is 2. The van der Waals surface area contributed by atoms with Crippen LogP contribution in [0, 0.1) is 0 Å². The molecule has 1 saturated heterocycles. The summed E-state index contributed by atoms with van der Waals surface area (Å²) >= 11 is 0. The number of piperazine rings is 1. The standard InChI is InChI=1S/C29H44N8O3/c1-20(34(4)23-11-7-22(30)8-12-23)19-21-5-9-24(10-6-21)37-14-13-25(33-28(37)40)32-27(39)36-17-15-35(16-18-36)26(38)29(2,3)31/h5-6,9-10,13-14,20,22-23H,7-8,11-12,15-19,30-31H2,1-4H3,(H,32,33,39,40). The maximum absolute atomic E-state index is 12.8. The molecule has 218 valence electrons. The van der Waals surface area contributed by atoms with Crippen molar-refractivity contribution in [3.63, 3.8) is 0 Å². The number of urea groups is 1. The lowest BCUT2D eigenvalue weighted by Crippen LogP contribution is -2.58. The first kappa shape index (κ1) is 29.7. The zero-order chi connectivity index (χ0) is 29.0. The summed E-state index contributed by atoms with van der Waals surface area (Å²) in [5, 5.41) is 2.70. The van der Waals surface area contributed by atoms with E-state index in [1.807, 2.05) is 12.1 Å². The van der Waals surface area contributed by atoms with Gasteiger partial charge in [-0.3, -0.25) is 14.7 Å². The lowest BCUT2D eigenvalue weighted by Gasteiger charge is -2.37. The number of nitrogens with zero attached hydrogens (tertiary/aromatic N) is 5. The van der Waals surface area contributed by atoms with Crippen molar-refractivity contribution >= 4 is 17.8 Å². The predicted octanol–water partition coefficient (Wildman–Crippen LogP) is 1.78. The lowest BCUT2D eigenvalue weighted by atomic mass is 9.90. The average molecular weight is 553 g/mol. The van der Waals surface area contributed by atoms with Crippen molar-refractivity contribution < 1.29 is 9.59 Å². The smallest absolute Gasteiger partial charge is 0.338 e. The van der Waals surface area contributed by atoms with Crippen molar-refractivity contribution in [2.24, 2.45) is 11.5 Å². The van der Waals surface area contributed by atoms with Crippen LogP contribution in [0.15, 0.2) is 41.3 Å². The van der Waals surface area contributed by atoms with Crippen molar-refractivity contribution in [2.75, 3.05) is 38.5 Å². The number of rotatable bonds is 7. The molecule has 5 N–H and O–H groups in total. The Balaban J connectivity index is 1.31. The number of aromatic nitrogens is 2. The first-order valence-corrected chi connectivity index (χ1v) is 14.2. The number of amides is 3. The van der Waals surface area contributed by atoms with Crippen LogP contribution in [0.3, 0.4) is 0 Å². The molecule has 0 spiro atoms. The third kappa shape index (κ3) is 7.26. The molecule has 3 amide bonds. The molecule has 1 aromatic carbocycles. The Hall–Kier alpha value is -3.28. The van der Waals surface area contributed by atoms with E-state index in [1.54, 1.807) is 35.9 Å². The fourth-order valence-corrected chi connectivity index (χ4v) is 5.52. The van der Waals surface area contributed by atoms with E-state index in [0.717, 1.165) is 32.1 Å². The quantitative estimate of drug-likeness (QED) is 0.475. The number of likely N-dealkylation sites (N-methyl/N-ethyl adjacent to an activating group) is 1. The number of hydrogen-bond acceptors (Lipinski definition) is 7. The molecule has 4 rings (SSSR count). The highest BCUT2D eigenvalue weighted by atomic mass is 16.2. The van der Waals surface area contributed by atoms with Crippen LogP contribution in [0.2, 0.25) is 0 Å². The third-order valence-electron chi connectivity index (χ3n) is 8.20. The molecule has 1 atom stereocenters. The Bertz CT molecular complexity index is 1220. The minimum absolute atomic E-state index is 0.141. The zero-order valence-corrected chi connectivity index (χ0v) is 24.2.